The monoisotopic (exact) mass is 777 g/mol. The number of likely N-dealkylation sites (N-methyl/N-ethyl adjacent to an activating group) is 1. The van der Waals surface area contributed by atoms with E-state index in [9.17, 15) is 15.0 Å². The number of carbonyl (C=O) groups is 1. The zero-order valence-electron chi connectivity index (χ0n) is 33.5. The number of rotatable bonds is 16. The van der Waals surface area contributed by atoms with Crippen LogP contribution in [0.1, 0.15) is 117 Å². The van der Waals surface area contributed by atoms with Gasteiger partial charge in [-0.3, -0.25) is 4.98 Å². The molecule has 56 heavy (non-hydrogen) atoms. The summed E-state index contributed by atoms with van der Waals surface area (Å²) in [5, 5.41) is 26.3. The molecule has 1 spiro atoms. The van der Waals surface area contributed by atoms with E-state index in [4.69, 9.17) is 16.3 Å². The third-order valence-corrected chi connectivity index (χ3v) is 13.5. The molecule has 3 N–H and O–H groups in total. The first-order chi connectivity index (χ1) is 27.0. The van der Waals surface area contributed by atoms with Gasteiger partial charge in [-0.1, -0.05) is 80.0 Å². The predicted molar refractivity (Wildman–Crippen MR) is 226 cm³/mol. The summed E-state index contributed by atoms with van der Waals surface area (Å²) in [5.74, 6) is 1.24. The first-order valence-corrected chi connectivity index (χ1v) is 21.3. The van der Waals surface area contributed by atoms with Crippen molar-refractivity contribution >= 4 is 23.3 Å². The molecule has 0 amide bonds. The van der Waals surface area contributed by atoms with E-state index in [0.717, 1.165) is 74.9 Å². The first-order valence-electron chi connectivity index (χ1n) is 21.0. The molecule has 1 unspecified atom stereocenters. The van der Waals surface area contributed by atoms with Crippen LogP contribution in [-0.4, -0.2) is 58.3 Å². The first kappa shape index (κ1) is 40.3. The van der Waals surface area contributed by atoms with E-state index >= 15 is 0 Å². The molecule has 0 radical (unpaired) electrons. The van der Waals surface area contributed by atoms with Gasteiger partial charge < -0.3 is 25.2 Å². The molecule has 0 saturated heterocycles. The molecule has 298 valence electrons. The maximum atomic E-state index is 13.1. The Bertz CT molecular complexity index is 1940. The van der Waals surface area contributed by atoms with Gasteiger partial charge in [0, 0.05) is 34.7 Å². The highest BCUT2D eigenvalue weighted by Gasteiger charge is 2.54. The Labute approximate surface area is 338 Å². The Morgan fingerprint density at radius 1 is 1.04 bits per heavy atom. The van der Waals surface area contributed by atoms with Crippen molar-refractivity contribution in [3.8, 4) is 5.75 Å². The van der Waals surface area contributed by atoms with Gasteiger partial charge in [0.05, 0.1) is 12.7 Å². The average molecular weight is 778 g/mol. The largest absolute Gasteiger partial charge is 0.493 e. The second-order valence-corrected chi connectivity index (χ2v) is 17.8. The van der Waals surface area contributed by atoms with Crippen LogP contribution in [0, 0.1) is 11.8 Å². The van der Waals surface area contributed by atoms with Crippen LogP contribution in [0.15, 0.2) is 85.1 Å². The van der Waals surface area contributed by atoms with Crippen molar-refractivity contribution in [1.82, 2.24) is 9.88 Å². The molecule has 3 aliphatic rings. The molecule has 8 heteroatoms. The summed E-state index contributed by atoms with van der Waals surface area (Å²) >= 11 is 6.32. The number of pyridine rings is 1. The summed E-state index contributed by atoms with van der Waals surface area (Å²) in [6.45, 7) is 6.71. The fourth-order valence-corrected chi connectivity index (χ4v) is 10.4. The highest BCUT2D eigenvalue weighted by atomic mass is 35.5. The standard InChI is InChI=1S/C48H60ClN3O4/c1-33(32-56-44-20-25-50-42-17-9-11-34(2)45(42)44)27-38-28-36-18-19-37(43(53)31-52(3)26-8-7-14-35-12-5-4-6-13-35)29-41(36)47(38)21-23-48(24-22-47,46(54)55)51-40-16-10-15-39(49)30-40/h4-6,10,12-13,15-16,18-20,25,29-30,33-34,38,43,51,53H,7-9,11,14,17,21-24,26-28,31-32H2,1-3H3,(H,54,55)/t33-,34-,38+,43?,47?,48?/m1/s1. The van der Waals surface area contributed by atoms with E-state index in [0.29, 0.717) is 48.8 Å². The molecule has 7 nitrogen and oxygen atoms in total. The topological polar surface area (TPSA) is 94.9 Å². The van der Waals surface area contributed by atoms with Crippen LogP contribution in [0.4, 0.5) is 5.69 Å². The molecule has 7 rings (SSSR count). The number of anilines is 1. The Morgan fingerprint density at radius 3 is 2.61 bits per heavy atom. The fourth-order valence-electron chi connectivity index (χ4n) is 10.2. The molecule has 3 aliphatic carbocycles. The summed E-state index contributed by atoms with van der Waals surface area (Å²) in [7, 11) is 2.10. The number of nitrogens with zero attached hydrogens (tertiary/aromatic N) is 2. The lowest BCUT2D eigenvalue weighted by Crippen LogP contribution is -2.53. The number of halogens is 1. The molecule has 4 aromatic rings. The van der Waals surface area contributed by atoms with Crippen LogP contribution in [-0.2, 0) is 29.5 Å². The number of aryl methyl sites for hydroxylation is 2. The second kappa shape index (κ2) is 17.7. The molecule has 1 aromatic heterocycles. The number of aliphatic hydroxyl groups excluding tert-OH is 1. The van der Waals surface area contributed by atoms with Gasteiger partial charge in [0.2, 0.25) is 0 Å². The van der Waals surface area contributed by atoms with Gasteiger partial charge in [-0.2, -0.15) is 0 Å². The van der Waals surface area contributed by atoms with Crippen molar-refractivity contribution < 1.29 is 19.7 Å². The molecule has 3 aromatic carbocycles. The van der Waals surface area contributed by atoms with E-state index in [1.54, 1.807) is 12.1 Å². The summed E-state index contributed by atoms with van der Waals surface area (Å²) in [4.78, 5) is 20.0. The molecular formula is C48H60ClN3O4. The van der Waals surface area contributed by atoms with Gasteiger partial charge in [0.25, 0.3) is 0 Å². The van der Waals surface area contributed by atoms with E-state index in [2.05, 4.69) is 84.6 Å². The normalized spacial score (nSPS) is 24.0. The van der Waals surface area contributed by atoms with Crippen molar-refractivity contribution in [3.05, 3.63) is 124 Å². The number of aliphatic carboxylic acids is 1. The molecule has 1 fully saturated rings. The van der Waals surface area contributed by atoms with Crippen molar-refractivity contribution in [2.45, 2.75) is 114 Å². The van der Waals surface area contributed by atoms with E-state index in [1.165, 1.54) is 40.8 Å². The third kappa shape index (κ3) is 8.96. The fraction of sp³-hybridized carbons (Fsp3) is 0.500. The van der Waals surface area contributed by atoms with Crippen LogP contribution in [0.5, 0.6) is 5.75 Å². The number of unbranched alkanes of at least 4 members (excludes halogenated alkanes) is 1. The maximum Gasteiger partial charge on any atom is 0.329 e. The summed E-state index contributed by atoms with van der Waals surface area (Å²) in [6.07, 6.45) is 12.3. The average Bonchev–Trinajstić information content (AvgIpc) is 3.48. The molecule has 0 aliphatic heterocycles. The van der Waals surface area contributed by atoms with Gasteiger partial charge in [-0.05, 0) is 160 Å². The van der Waals surface area contributed by atoms with Crippen molar-refractivity contribution in [2.24, 2.45) is 11.8 Å². The molecule has 1 heterocycles. The van der Waals surface area contributed by atoms with Crippen LogP contribution < -0.4 is 10.1 Å². The third-order valence-electron chi connectivity index (χ3n) is 13.3. The number of nitrogens with one attached hydrogen (secondary N) is 1. The Morgan fingerprint density at radius 2 is 1.84 bits per heavy atom. The molecule has 4 atom stereocenters. The smallest absolute Gasteiger partial charge is 0.329 e. The summed E-state index contributed by atoms with van der Waals surface area (Å²) < 4.78 is 6.61. The lowest BCUT2D eigenvalue weighted by molar-refractivity contribution is -0.144. The minimum atomic E-state index is -1.09. The highest BCUT2D eigenvalue weighted by molar-refractivity contribution is 6.30. The van der Waals surface area contributed by atoms with E-state index in [1.807, 2.05) is 24.4 Å². The number of ether oxygens (including phenoxy) is 1. The number of carboxylic acids is 1. The second-order valence-electron chi connectivity index (χ2n) is 17.3. The Balaban J connectivity index is 1.08. The SMILES string of the molecule is C[C@@H](COc1ccnc2c1[C@H](C)CCC2)C[C@H]1Cc2ccc(C(O)CN(C)CCCCc3ccccc3)cc2C12CCC(Nc1cccc(Cl)c1)(C(=O)O)CC2. The van der Waals surface area contributed by atoms with E-state index in [-0.39, 0.29) is 5.41 Å². The lowest BCUT2D eigenvalue weighted by atomic mass is 9.59. The minimum absolute atomic E-state index is 0.192. The van der Waals surface area contributed by atoms with Gasteiger partial charge in [0.15, 0.2) is 0 Å². The molecule has 1 saturated carbocycles. The van der Waals surface area contributed by atoms with Crippen molar-refractivity contribution in [3.63, 3.8) is 0 Å². The number of benzene rings is 3. The van der Waals surface area contributed by atoms with Gasteiger partial charge >= 0.3 is 5.97 Å². The summed E-state index contributed by atoms with van der Waals surface area (Å²) in [5.41, 5.74) is 6.86. The number of hydrogen-bond acceptors (Lipinski definition) is 6. The highest BCUT2D eigenvalue weighted by Crippen LogP contribution is 2.56. The van der Waals surface area contributed by atoms with E-state index < -0.39 is 17.6 Å². The number of hydrogen-bond donors (Lipinski definition) is 3. The van der Waals surface area contributed by atoms with Gasteiger partial charge in [-0.25, -0.2) is 4.79 Å². The number of aliphatic hydroxyl groups is 1. The van der Waals surface area contributed by atoms with Crippen LogP contribution in [0.3, 0.4) is 0 Å². The van der Waals surface area contributed by atoms with Crippen LogP contribution >= 0.6 is 11.6 Å². The van der Waals surface area contributed by atoms with Gasteiger partial charge in [-0.15, -0.1) is 0 Å². The maximum absolute atomic E-state index is 13.1. The molecular weight excluding hydrogens is 718 g/mol. The van der Waals surface area contributed by atoms with Crippen LogP contribution in [0.2, 0.25) is 5.02 Å². The molecule has 0 bridgehead atoms. The number of aromatic nitrogens is 1. The van der Waals surface area contributed by atoms with Crippen molar-refractivity contribution in [2.75, 3.05) is 32.1 Å². The van der Waals surface area contributed by atoms with Crippen molar-refractivity contribution in [1.29, 1.82) is 0 Å². The zero-order valence-corrected chi connectivity index (χ0v) is 34.2. The number of carboxylic acid groups (broad SMARTS) is 1. The quantitative estimate of drug-likeness (QED) is 0.0976. The summed E-state index contributed by atoms with van der Waals surface area (Å²) in [6, 6.07) is 26.7. The Hall–Kier alpha value is -3.91. The lowest BCUT2D eigenvalue weighted by Gasteiger charge is -2.47. The zero-order chi connectivity index (χ0) is 39.3. The number of fused-ring (bicyclic) bond motifs is 3. The Kier molecular flexibility index (Phi) is 12.7. The predicted octanol–water partition coefficient (Wildman–Crippen LogP) is 10.2. The minimum Gasteiger partial charge on any atom is -0.493 e. The van der Waals surface area contributed by atoms with Gasteiger partial charge in [0.1, 0.15) is 11.3 Å². The van der Waals surface area contributed by atoms with Crippen LogP contribution in [0.25, 0.3) is 0 Å².